The second-order valence-corrected chi connectivity index (χ2v) is 3.64. The first-order chi connectivity index (χ1) is 7.25. The fourth-order valence-electron chi connectivity index (χ4n) is 1.25. The number of carbonyl (C=O) groups is 1. The Kier molecular flexibility index (Phi) is 2.81. The number of nitrogens with one attached hydrogen (secondary N) is 1. The van der Waals surface area contributed by atoms with Crippen molar-refractivity contribution in [3.05, 3.63) is 41.7 Å². The molecular formula is C12H12FNO. The van der Waals surface area contributed by atoms with Gasteiger partial charge in [0, 0.05) is 17.7 Å². The number of halogens is 1. The van der Waals surface area contributed by atoms with Crippen LogP contribution in [0.3, 0.4) is 0 Å². The molecule has 0 bridgehead atoms. The predicted octanol–water partition coefficient (Wildman–Crippen LogP) is 2.12. The van der Waals surface area contributed by atoms with Crippen LogP contribution in [0.1, 0.15) is 18.4 Å². The van der Waals surface area contributed by atoms with Crippen LogP contribution in [0, 0.1) is 5.82 Å². The van der Waals surface area contributed by atoms with Gasteiger partial charge in [-0.3, -0.25) is 4.79 Å². The summed E-state index contributed by atoms with van der Waals surface area (Å²) >= 11 is 0. The second-order valence-electron chi connectivity index (χ2n) is 3.64. The average Bonchev–Trinajstić information content (AvgIpc) is 3.00. The molecule has 15 heavy (non-hydrogen) atoms. The van der Waals surface area contributed by atoms with E-state index in [4.69, 9.17) is 0 Å². The molecule has 1 fully saturated rings. The van der Waals surface area contributed by atoms with Crippen molar-refractivity contribution in [1.29, 1.82) is 0 Å². The van der Waals surface area contributed by atoms with Gasteiger partial charge in [-0.1, -0.05) is 18.2 Å². The molecule has 1 amide bonds. The van der Waals surface area contributed by atoms with Crippen LogP contribution in [0.25, 0.3) is 6.08 Å². The first-order valence-electron chi connectivity index (χ1n) is 4.99. The van der Waals surface area contributed by atoms with Gasteiger partial charge in [-0.15, -0.1) is 0 Å². The maximum absolute atomic E-state index is 13.1. The van der Waals surface area contributed by atoms with Gasteiger partial charge in [0.05, 0.1) is 0 Å². The molecule has 2 rings (SSSR count). The maximum Gasteiger partial charge on any atom is 0.244 e. The van der Waals surface area contributed by atoms with Gasteiger partial charge in [0.25, 0.3) is 0 Å². The van der Waals surface area contributed by atoms with Gasteiger partial charge in [-0.25, -0.2) is 4.39 Å². The topological polar surface area (TPSA) is 29.1 Å². The molecule has 2 nitrogen and oxygen atoms in total. The van der Waals surface area contributed by atoms with E-state index >= 15 is 0 Å². The minimum atomic E-state index is -0.312. The SMILES string of the molecule is O=C(/C=C/c1ccccc1F)NC1CC1. The molecular weight excluding hydrogens is 193 g/mol. The number of rotatable bonds is 3. The molecule has 0 spiro atoms. The van der Waals surface area contributed by atoms with Crippen LogP contribution < -0.4 is 5.32 Å². The van der Waals surface area contributed by atoms with Crippen molar-refractivity contribution in [2.75, 3.05) is 0 Å². The Bertz CT molecular complexity index is 396. The van der Waals surface area contributed by atoms with Gasteiger partial charge in [0.2, 0.25) is 5.91 Å². The first kappa shape index (κ1) is 9.90. The lowest BCUT2D eigenvalue weighted by atomic mass is 10.2. The van der Waals surface area contributed by atoms with E-state index in [2.05, 4.69) is 5.32 Å². The van der Waals surface area contributed by atoms with E-state index in [1.807, 2.05) is 0 Å². The molecule has 1 aliphatic carbocycles. The summed E-state index contributed by atoms with van der Waals surface area (Å²) in [5.74, 6) is -0.464. The fraction of sp³-hybridized carbons (Fsp3) is 0.250. The maximum atomic E-state index is 13.1. The Morgan fingerprint density at radius 2 is 2.13 bits per heavy atom. The largest absolute Gasteiger partial charge is 0.350 e. The number of amides is 1. The Labute approximate surface area is 87.8 Å². The van der Waals surface area contributed by atoms with E-state index in [0.717, 1.165) is 12.8 Å². The summed E-state index contributed by atoms with van der Waals surface area (Å²) in [5, 5.41) is 2.80. The number of hydrogen-bond donors (Lipinski definition) is 1. The summed E-state index contributed by atoms with van der Waals surface area (Å²) in [6.45, 7) is 0. The van der Waals surface area contributed by atoms with Crippen molar-refractivity contribution in [1.82, 2.24) is 5.32 Å². The molecule has 1 aromatic carbocycles. The van der Waals surface area contributed by atoms with E-state index in [1.165, 1.54) is 18.2 Å². The van der Waals surface area contributed by atoms with Gasteiger partial charge in [0.1, 0.15) is 5.82 Å². The summed E-state index contributed by atoms with van der Waals surface area (Å²) in [4.78, 5) is 11.3. The minimum Gasteiger partial charge on any atom is -0.350 e. The highest BCUT2D eigenvalue weighted by atomic mass is 19.1. The average molecular weight is 205 g/mol. The van der Waals surface area contributed by atoms with Gasteiger partial charge in [0.15, 0.2) is 0 Å². The molecule has 1 aromatic rings. The van der Waals surface area contributed by atoms with Gasteiger partial charge >= 0.3 is 0 Å². The van der Waals surface area contributed by atoms with Crippen molar-refractivity contribution >= 4 is 12.0 Å². The lowest BCUT2D eigenvalue weighted by Gasteiger charge is -1.97. The summed E-state index contributed by atoms with van der Waals surface area (Å²) in [7, 11) is 0. The molecule has 0 radical (unpaired) electrons. The van der Waals surface area contributed by atoms with Crippen LogP contribution in [-0.4, -0.2) is 11.9 Å². The van der Waals surface area contributed by atoms with Crippen LogP contribution in [-0.2, 0) is 4.79 Å². The van der Waals surface area contributed by atoms with Gasteiger partial charge in [-0.2, -0.15) is 0 Å². The third-order valence-corrected chi connectivity index (χ3v) is 2.24. The molecule has 1 N–H and O–H groups in total. The Morgan fingerprint density at radius 3 is 2.80 bits per heavy atom. The zero-order valence-electron chi connectivity index (χ0n) is 8.24. The highest BCUT2D eigenvalue weighted by Crippen LogP contribution is 2.18. The van der Waals surface area contributed by atoms with Crippen molar-refractivity contribution in [2.24, 2.45) is 0 Å². The van der Waals surface area contributed by atoms with E-state index in [1.54, 1.807) is 18.2 Å². The Hall–Kier alpha value is -1.64. The van der Waals surface area contributed by atoms with Crippen molar-refractivity contribution in [2.45, 2.75) is 18.9 Å². The third kappa shape index (κ3) is 2.91. The first-order valence-corrected chi connectivity index (χ1v) is 4.99. The van der Waals surface area contributed by atoms with Gasteiger partial charge in [-0.05, 0) is 25.0 Å². The monoisotopic (exact) mass is 205 g/mol. The summed E-state index contributed by atoms with van der Waals surface area (Å²) in [6.07, 6.45) is 4.97. The zero-order valence-corrected chi connectivity index (χ0v) is 8.24. The third-order valence-electron chi connectivity index (χ3n) is 2.24. The minimum absolute atomic E-state index is 0.152. The van der Waals surface area contributed by atoms with Crippen LogP contribution in [0.5, 0.6) is 0 Å². The summed E-state index contributed by atoms with van der Waals surface area (Å²) in [5.41, 5.74) is 0.434. The van der Waals surface area contributed by atoms with Crippen molar-refractivity contribution in [3.63, 3.8) is 0 Å². The van der Waals surface area contributed by atoms with Gasteiger partial charge < -0.3 is 5.32 Å². The quantitative estimate of drug-likeness (QED) is 0.752. The van der Waals surface area contributed by atoms with Crippen LogP contribution in [0.4, 0.5) is 4.39 Å². The van der Waals surface area contributed by atoms with Crippen LogP contribution in [0.15, 0.2) is 30.3 Å². The van der Waals surface area contributed by atoms with Crippen molar-refractivity contribution < 1.29 is 9.18 Å². The highest BCUT2D eigenvalue weighted by molar-refractivity contribution is 5.92. The van der Waals surface area contributed by atoms with E-state index in [-0.39, 0.29) is 11.7 Å². The lowest BCUT2D eigenvalue weighted by molar-refractivity contribution is -0.116. The standard InChI is InChI=1S/C12H12FNO/c13-11-4-2-1-3-9(11)5-8-12(15)14-10-6-7-10/h1-5,8,10H,6-7H2,(H,14,15)/b8-5+. The summed E-state index contributed by atoms with van der Waals surface area (Å²) in [6, 6.07) is 6.70. The van der Waals surface area contributed by atoms with Crippen molar-refractivity contribution in [3.8, 4) is 0 Å². The van der Waals surface area contributed by atoms with E-state index in [0.29, 0.717) is 11.6 Å². The molecule has 1 saturated carbocycles. The molecule has 0 unspecified atom stereocenters. The van der Waals surface area contributed by atoms with Crippen LogP contribution >= 0.6 is 0 Å². The Morgan fingerprint density at radius 1 is 1.40 bits per heavy atom. The molecule has 3 heteroatoms. The number of hydrogen-bond acceptors (Lipinski definition) is 1. The molecule has 1 aliphatic rings. The second kappa shape index (κ2) is 4.26. The highest BCUT2D eigenvalue weighted by Gasteiger charge is 2.21. The molecule has 0 aliphatic heterocycles. The summed E-state index contributed by atoms with van der Waals surface area (Å²) < 4.78 is 13.1. The number of carbonyl (C=O) groups excluding carboxylic acids is 1. The lowest BCUT2D eigenvalue weighted by Crippen LogP contribution is -2.22. The fourth-order valence-corrected chi connectivity index (χ4v) is 1.25. The normalized spacial score (nSPS) is 15.5. The molecule has 0 atom stereocenters. The molecule has 0 aromatic heterocycles. The van der Waals surface area contributed by atoms with Crippen LogP contribution in [0.2, 0.25) is 0 Å². The molecule has 0 heterocycles. The predicted molar refractivity (Wildman–Crippen MR) is 56.6 cm³/mol. The number of benzene rings is 1. The zero-order chi connectivity index (χ0) is 10.7. The molecule has 0 saturated heterocycles. The smallest absolute Gasteiger partial charge is 0.244 e. The molecule has 78 valence electrons. The van der Waals surface area contributed by atoms with E-state index in [9.17, 15) is 9.18 Å². The van der Waals surface area contributed by atoms with E-state index < -0.39 is 0 Å². The Balaban J connectivity index is 1.97.